The van der Waals surface area contributed by atoms with Gasteiger partial charge in [-0.2, -0.15) is 0 Å². The summed E-state index contributed by atoms with van der Waals surface area (Å²) in [6.45, 7) is 0.831. The number of halogens is 1. The molecule has 4 nitrogen and oxygen atoms in total. The lowest BCUT2D eigenvalue weighted by molar-refractivity contribution is -0.138. The maximum absolute atomic E-state index is 10.6. The molecule has 1 atom stereocenters. The lowest BCUT2D eigenvalue weighted by Gasteiger charge is -2.08. The zero-order chi connectivity index (χ0) is 12.7. The quantitative estimate of drug-likeness (QED) is 0.513. The standard InChI is InChI=1S/C12H17ClN2O2/c13-6-1-7-15-10-4-2-9(3-5-10)8-11(14)12(16)17/h2-5,11,15H,1,6-8,14H2,(H,16,17)/t11-/m0/s1. The topological polar surface area (TPSA) is 75.3 Å². The Bertz CT molecular complexity index is 354. The number of hydrogen-bond acceptors (Lipinski definition) is 3. The van der Waals surface area contributed by atoms with Gasteiger partial charge in [0.05, 0.1) is 0 Å². The number of alkyl halides is 1. The lowest BCUT2D eigenvalue weighted by atomic mass is 10.1. The molecule has 1 aromatic carbocycles. The van der Waals surface area contributed by atoms with Gasteiger partial charge in [0.15, 0.2) is 0 Å². The van der Waals surface area contributed by atoms with E-state index in [0.29, 0.717) is 12.3 Å². The molecule has 17 heavy (non-hydrogen) atoms. The van der Waals surface area contributed by atoms with E-state index in [1.54, 1.807) is 0 Å². The molecule has 0 radical (unpaired) electrons. The third kappa shape index (κ3) is 5.06. The maximum Gasteiger partial charge on any atom is 0.320 e. The van der Waals surface area contributed by atoms with Crippen LogP contribution in [0.4, 0.5) is 5.69 Å². The predicted molar refractivity (Wildman–Crippen MR) is 69.6 cm³/mol. The molecule has 4 N–H and O–H groups in total. The molecule has 0 spiro atoms. The molecule has 0 unspecified atom stereocenters. The predicted octanol–water partition coefficient (Wildman–Crippen LogP) is 1.68. The zero-order valence-corrected chi connectivity index (χ0v) is 10.3. The van der Waals surface area contributed by atoms with Crippen LogP contribution in [-0.2, 0) is 11.2 Å². The Morgan fingerprint density at radius 2 is 2.06 bits per heavy atom. The molecule has 0 saturated heterocycles. The van der Waals surface area contributed by atoms with Crippen molar-refractivity contribution in [3.63, 3.8) is 0 Å². The van der Waals surface area contributed by atoms with Crippen LogP contribution in [0.5, 0.6) is 0 Å². The van der Waals surface area contributed by atoms with Crippen molar-refractivity contribution >= 4 is 23.3 Å². The number of carboxylic acid groups (broad SMARTS) is 1. The fourth-order valence-corrected chi connectivity index (χ4v) is 1.53. The lowest BCUT2D eigenvalue weighted by Crippen LogP contribution is -2.32. The Morgan fingerprint density at radius 3 is 2.59 bits per heavy atom. The highest BCUT2D eigenvalue weighted by molar-refractivity contribution is 6.17. The third-order valence-corrected chi connectivity index (χ3v) is 2.63. The average Bonchev–Trinajstić information content (AvgIpc) is 2.31. The number of aliphatic carboxylic acids is 1. The molecule has 0 fully saturated rings. The van der Waals surface area contributed by atoms with E-state index in [1.807, 2.05) is 24.3 Å². The van der Waals surface area contributed by atoms with Gasteiger partial charge < -0.3 is 16.2 Å². The van der Waals surface area contributed by atoms with Crippen molar-refractivity contribution in [3.8, 4) is 0 Å². The van der Waals surface area contributed by atoms with E-state index in [2.05, 4.69) is 5.32 Å². The van der Waals surface area contributed by atoms with Gasteiger partial charge in [0, 0.05) is 18.1 Å². The van der Waals surface area contributed by atoms with Crippen molar-refractivity contribution in [1.29, 1.82) is 0 Å². The molecule has 0 aromatic heterocycles. The summed E-state index contributed by atoms with van der Waals surface area (Å²) in [6, 6.07) is 6.75. The Kier molecular flexibility index (Phi) is 5.80. The summed E-state index contributed by atoms with van der Waals surface area (Å²) in [5.41, 5.74) is 7.38. The van der Waals surface area contributed by atoms with E-state index in [9.17, 15) is 4.79 Å². The summed E-state index contributed by atoms with van der Waals surface area (Å²) in [5.74, 6) is -0.340. The summed E-state index contributed by atoms with van der Waals surface area (Å²) in [4.78, 5) is 10.6. The highest BCUT2D eigenvalue weighted by Crippen LogP contribution is 2.11. The summed E-state index contributed by atoms with van der Waals surface area (Å²) in [6.07, 6.45) is 1.25. The Balaban J connectivity index is 2.47. The second-order valence-corrected chi connectivity index (χ2v) is 4.19. The number of rotatable bonds is 7. The van der Waals surface area contributed by atoms with Gasteiger partial charge >= 0.3 is 5.97 Å². The van der Waals surface area contributed by atoms with E-state index in [-0.39, 0.29) is 0 Å². The normalized spacial score (nSPS) is 12.1. The van der Waals surface area contributed by atoms with Gasteiger partial charge in [0.1, 0.15) is 6.04 Å². The van der Waals surface area contributed by atoms with Crippen molar-refractivity contribution in [3.05, 3.63) is 29.8 Å². The van der Waals surface area contributed by atoms with E-state index in [4.69, 9.17) is 22.4 Å². The monoisotopic (exact) mass is 256 g/mol. The SMILES string of the molecule is N[C@@H](Cc1ccc(NCCCCl)cc1)C(=O)O. The smallest absolute Gasteiger partial charge is 0.320 e. The summed E-state index contributed by atoms with van der Waals surface area (Å²) in [5, 5.41) is 11.9. The molecule has 0 heterocycles. The van der Waals surface area contributed by atoms with Crippen LogP contribution >= 0.6 is 11.6 Å². The molecule has 0 aliphatic rings. The van der Waals surface area contributed by atoms with Gasteiger partial charge in [-0.3, -0.25) is 4.79 Å². The minimum atomic E-state index is -0.977. The molecule has 1 aromatic rings. The van der Waals surface area contributed by atoms with Gasteiger partial charge in [-0.05, 0) is 30.5 Å². The second-order valence-electron chi connectivity index (χ2n) is 3.82. The van der Waals surface area contributed by atoms with E-state index < -0.39 is 12.0 Å². The molecule has 94 valence electrons. The van der Waals surface area contributed by atoms with Crippen LogP contribution in [0.2, 0.25) is 0 Å². The largest absolute Gasteiger partial charge is 0.480 e. The number of nitrogens with one attached hydrogen (secondary N) is 1. The number of nitrogens with two attached hydrogens (primary N) is 1. The van der Waals surface area contributed by atoms with Crippen molar-refractivity contribution in [2.75, 3.05) is 17.7 Å². The fourth-order valence-electron chi connectivity index (χ4n) is 1.40. The van der Waals surface area contributed by atoms with Crippen LogP contribution in [0.15, 0.2) is 24.3 Å². The highest BCUT2D eigenvalue weighted by Gasteiger charge is 2.11. The molecular weight excluding hydrogens is 240 g/mol. The molecule has 0 amide bonds. The highest BCUT2D eigenvalue weighted by atomic mass is 35.5. The van der Waals surface area contributed by atoms with E-state index in [0.717, 1.165) is 24.2 Å². The number of anilines is 1. The molecule has 1 rings (SSSR count). The number of carboxylic acids is 1. The Hall–Kier alpha value is -1.26. The number of carbonyl (C=O) groups is 1. The molecule has 0 aliphatic heterocycles. The van der Waals surface area contributed by atoms with E-state index in [1.165, 1.54) is 0 Å². The molecule has 5 heteroatoms. The Morgan fingerprint density at radius 1 is 1.41 bits per heavy atom. The molecule has 0 saturated carbocycles. The van der Waals surface area contributed by atoms with Crippen LogP contribution in [-0.4, -0.2) is 29.5 Å². The minimum Gasteiger partial charge on any atom is -0.480 e. The van der Waals surface area contributed by atoms with Crippen LogP contribution < -0.4 is 11.1 Å². The van der Waals surface area contributed by atoms with Crippen LogP contribution in [0.25, 0.3) is 0 Å². The molecule has 0 bridgehead atoms. The second kappa shape index (κ2) is 7.14. The van der Waals surface area contributed by atoms with Crippen molar-refractivity contribution < 1.29 is 9.90 Å². The van der Waals surface area contributed by atoms with Crippen LogP contribution in [0.3, 0.4) is 0 Å². The first-order valence-electron chi connectivity index (χ1n) is 5.50. The first kappa shape index (κ1) is 13.8. The van der Waals surface area contributed by atoms with Crippen LogP contribution in [0.1, 0.15) is 12.0 Å². The van der Waals surface area contributed by atoms with Crippen molar-refractivity contribution in [2.24, 2.45) is 5.73 Å². The van der Waals surface area contributed by atoms with Crippen molar-refractivity contribution in [1.82, 2.24) is 0 Å². The van der Waals surface area contributed by atoms with Gasteiger partial charge in [0.2, 0.25) is 0 Å². The minimum absolute atomic E-state index is 0.345. The Labute approximate surface area is 106 Å². The summed E-state index contributed by atoms with van der Waals surface area (Å²) in [7, 11) is 0. The number of benzene rings is 1. The average molecular weight is 257 g/mol. The molecular formula is C12H17ClN2O2. The zero-order valence-electron chi connectivity index (χ0n) is 9.53. The maximum atomic E-state index is 10.6. The van der Waals surface area contributed by atoms with E-state index >= 15 is 0 Å². The summed E-state index contributed by atoms with van der Waals surface area (Å²) >= 11 is 5.57. The van der Waals surface area contributed by atoms with Gasteiger partial charge in [-0.1, -0.05) is 12.1 Å². The summed E-state index contributed by atoms with van der Waals surface area (Å²) < 4.78 is 0. The number of hydrogen-bond donors (Lipinski definition) is 3. The van der Waals surface area contributed by atoms with Gasteiger partial charge in [-0.25, -0.2) is 0 Å². The first-order chi connectivity index (χ1) is 8.13. The van der Waals surface area contributed by atoms with Crippen molar-refractivity contribution in [2.45, 2.75) is 18.9 Å². The van der Waals surface area contributed by atoms with Gasteiger partial charge in [0.25, 0.3) is 0 Å². The molecule has 0 aliphatic carbocycles. The first-order valence-corrected chi connectivity index (χ1v) is 6.04. The van der Waals surface area contributed by atoms with Gasteiger partial charge in [-0.15, -0.1) is 11.6 Å². The fraction of sp³-hybridized carbons (Fsp3) is 0.417. The van der Waals surface area contributed by atoms with Crippen LogP contribution in [0, 0.1) is 0 Å². The third-order valence-electron chi connectivity index (χ3n) is 2.37.